The second kappa shape index (κ2) is 4.09. The molecule has 0 aromatic carbocycles. The van der Waals surface area contributed by atoms with Crippen molar-refractivity contribution in [2.45, 2.75) is 19.8 Å². The van der Waals surface area contributed by atoms with Gasteiger partial charge in [0.25, 0.3) is 5.91 Å². The number of hydrogen-bond donors (Lipinski definition) is 1. The SMILES string of the molecule is Cc1c(C(=O)NCC2(CCl)CC2)cnn1C. The van der Waals surface area contributed by atoms with Gasteiger partial charge in [0.2, 0.25) is 0 Å². The fourth-order valence-electron chi connectivity index (χ4n) is 1.62. The lowest BCUT2D eigenvalue weighted by Crippen LogP contribution is -2.31. The van der Waals surface area contributed by atoms with Gasteiger partial charge in [-0.15, -0.1) is 11.6 Å². The van der Waals surface area contributed by atoms with E-state index in [0.717, 1.165) is 18.5 Å². The fourth-order valence-corrected chi connectivity index (χ4v) is 1.98. The second-order valence-corrected chi connectivity index (χ2v) is 4.85. The highest BCUT2D eigenvalue weighted by atomic mass is 35.5. The van der Waals surface area contributed by atoms with Gasteiger partial charge < -0.3 is 5.32 Å². The highest BCUT2D eigenvalue weighted by Gasteiger charge is 2.41. The average Bonchev–Trinajstić information content (AvgIpc) is 2.99. The van der Waals surface area contributed by atoms with Crippen LogP contribution in [0.5, 0.6) is 0 Å². The van der Waals surface area contributed by atoms with Crippen molar-refractivity contribution in [2.24, 2.45) is 12.5 Å². The molecule has 1 amide bonds. The molecular formula is C11H16ClN3O. The maximum atomic E-state index is 11.9. The van der Waals surface area contributed by atoms with Crippen LogP contribution in [0.1, 0.15) is 28.9 Å². The van der Waals surface area contributed by atoms with E-state index in [1.54, 1.807) is 10.9 Å². The number of carbonyl (C=O) groups excluding carboxylic acids is 1. The van der Waals surface area contributed by atoms with E-state index in [9.17, 15) is 4.79 Å². The van der Waals surface area contributed by atoms with E-state index in [-0.39, 0.29) is 11.3 Å². The molecule has 0 bridgehead atoms. The molecule has 1 aliphatic carbocycles. The van der Waals surface area contributed by atoms with Gasteiger partial charge in [0, 0.05) is 30.6 Å². The minimum Gasteiger partial charge on any atom is -0.351 e. The quantitative estimate of drug-likeness (QED) is 0.812. The number of carbonyl (C=O) groups is 1. The van der Waals surface area contributed by atoms with Gasteiger partial charge in [-0.05, 0) is 19.8 Å². The lowest BCUT2D eigenvalue weighted by molar-refractivity contribution is 0.0945. The predicted octanol–water partition coefficient (Wildman–Crippen LogP) is 1.48. The Bertz CT molecular complexity index is 409. The molecule has 4 nitrogen and oxygen atoms in total. The standard InChI is InChI=1S/C11H16ClN3O/c1-8-9(5-14-15(8)2)10(16)13-7-11(6-12)3-4-11/h5H,3-4,6-7H2,1-2H3,(H,13,16). The van der Waals surface area contributed by atoms with Gasteiger partial charge in [0.05, 0.1) is 11.8 Å². The highest BCUT2D eigenvalue weighted by molar-refractivity contribution is 6.18. The summed E-state index contributed by atoms with van der Waals surface area (Å²) < 4.78 is 1.70. The largest absolute Gasteiger partial charge is 0.351 e. The number of nitrogens with zero attached hydrogens (tertiary/aromatic N) is 2. The molecule has 2 rings (SSSR count). The van der Waals surface area contributed by atoms with E-state index in [0.29, 0.717) is 18.0 Å². The smallest absolute Gasteiger partial charge is 0.254 e. The van der Waals surface area contributed by atoms with Crippen molar-refractivity contribution in [1.82, 2.24) is 15.1 Å². The molecule has 1 heterocycles. The summed E-state index contributed by atoms with van der Waals surface area (Å²) >= 11 is 5.85. The zero-order chi connectivity index (χ0) is 11.8. The monoisotopic (exact) mass is 241 g/mol. The summed E-state index contributed by atoms with van der Waals surface area (Å²) in [6, 6.07) is 0. The summed E-state index contributed by atoms with van der Waals surface area (Å²) in [5.41, 5.74) is 1.69. The van der Waals surface area contributed by atoms with Crippen LogP contribution in [0.15, 0.2) is 6.20 Å². The third-order valence-corrected chi connectivity index (χ3v) is 3.91. The molecule has 0 saturated heterocycles. The Kier molecular flexibility index (Phi) is 2.93. The van der Waals surface area contributed by atoms with E-state index in [1.165, 1.54) is 0 Å². The summed E-state index contributed by atoms with van der Waals surface area (Å²) in [6.07, 6.45) is 3.83. The lowest BCUT2D eigenvalue weighted by Gasteiger charge is -2.12. The normalized spacial score (nSPS) is 17.2. The Morgan fingerprint density at radius 3 is 2.81 bits per heavy atom. The van der Waals surface area contributed by atoms with Crippen molar-refractivity contribution >= 4 is 17.5 Å². The van der Waals surface area contributed by atoms with Gasteiger partial charge in [0.1, 0.15) is 0 Å². The zero-order valence-corrected chi connectivity index (χ0v) is 10.3. The number of aromatic nitrogens is 2. The first kappa shape index (κ1) is 11.5. The lowest BCUT2D eigenvalue weighted by atomic mass is 10.1. The maximum Gasteiger partial charge on any atom is 0.254 e. The molecule has 16 heavy (non-hydrogen) atoms. The first-order valence-electron chi connectivity index (χ1n) is 5.41. The van der Waals surface area contributed by atoms with E-state index < -0.39 is 0 Å². The Balaban J connectivity index is 1.96. The van der Waals surface area contributed by atoms with Crippen LogP contribution in [0.4, 0.5) is 0 Å². The van der Waals surface area contributed by atoms with Crippen molar-refractivity contribution in [3.05, 3.63) is 17.5 Å². The molecule has 1 saturated carbocycles. The van der Waals surface area contributed by atoms with Crippen molar-refractivity contribution < 1.29 is 4.79 Å². The van der Waals surface area contributed by atoms with E-state index >= 15 is 0 Å². The topological polar surface area (TPSA) is 46.9 Å². The van der Waals surface area contributed by atoms with Crippen molar-refractivity contribution in [3.8, 4) is 0 Å². The van der Waals surface area contributed by atoms with Crippen molar-refractivity contribution in [1.29, 1.82) is 0 Å². The van der Waals surface area contributed by atoms with Crippen LogP contribution in [0.25, 0.3) is 0 Å². The summed E-state index contributed by atoms with van der Waals surface area (Å²) in [5, 5.41) is 6.98. The van der Waals surface area contributed by atoms with Gasteiger partial charge in [-0.2, -0.15) is 5.10 Å². The van der Waals surface area contributed by atoms with Crippen LogP contribution in [0, 0.1) is 12.3 Å². The van der Waals surface area contributed by atoms with E-state index in [1.807, 2.05) is 14.0 Å². The molecule has 0 spiro atoms. The number of halogens is 1. The minimum absolute atomic E-state index is 0.0537. The summed E-state index contributed by atoms with van der Waals surface area (Å²) in [4.78, 5) is 11.9. The first-order valence-corrected chi connectivity index (χ1v) is 5.94. The number of nitrogens with one attached hydrogen (secondary N) is 1. The second-order valence-electron chi connectivity index (χ2n) is 4.58. The molecule has 5 heteroatoms. The molecule has 0 radical (unpaired) electrons. The van der Waals surface area contributed by atoms with Crippen LogP contribution in [-0.4, -0.2) is 28.1 Å². The Morgan fingerprint density at radius 2 is 2.38 bits per heavy atom. The van der Waals surface area contributed by atoms with Crippen LogP contribution in [0.3, 0.4) is 0 Å². The number of alkyl halides is 1. The Morgan fingerprint density at radius 1 is 1.69 bits per heavy atom. The Hall–Kier alpha value is -1.03. The number of amides is 1. The summed E-state index contributed by atoms with van der Waals surface area (Å²) in [7, 11) is 1.83. The van der Waals surface area contributed by atoms with Crippen molar-refractivity contribution in [2.75, 3.05) is 12.4 Å². The van der Waals surface area contributed by atoms with Gasteiger partial charge in [-0.3, -0.25) is 9.48 Å². The molecule has 1 aromatic rings. The molecule has 0 unspecified atom stereocenters. The molecule has 1 aromatic heterocycles. The minimum atomic E-state index is -0.0537. The fraction of sp³-hybridized carbons (Fsp3) is 0.636. The summed E-state index contributed by atoms with van der Waals surface area (Å²) in [5.74, 6) is 0.571. The molecule has 0 aliphatic heterocycles. The average molecular weight is 242 g/mol. The van der Waals surface area contributed by atoms with Gasteiger partial charge in [-0.1, -0.05) is 0 Å². The van der Waals surface area contributed by atoms with Gasteiger partial charge >= 0.3 is 0 Å². The predicted molar refractivity (Wildman–Crippen MR) is 62.7 cm³/mol. The van der Waals surface area contributed by atoms with Gasteiger partial charge in [0.15, 0.2) is 0 Å². The van der Waals surface area contributed by atoms with Crippen LogP contribution in [-0.2, 0) is 7.05 Å². The number of hydrogen-bond acceptors (Lipinski definition) is 2. The Labute approximate surface area is 100.0 Å². The molecule has 0 atom stereocenters. The van der Waals surface area contributed by atoms with Crippen LogP contribution < -0.4 is 5.32 Å². The van der Waals surface area contributed by atoms with Crippen LogP contribution >= 0.6 is 11.6 Å². The maximum absolute atomic E-state index is 11.9. The molecule has 1 aliphatic rings. The third-order valence-electron chi connectivity index (χ3n) is 3.34. The van der Waals surface area contributed by atoms with Gasteiger partial charge in [-0.25, -0.2) is 0 Å². The first-order chi connectivity index (χ1) is 7.58. The number of aryl methyl sites for hydroxylation is 1. The molecule has 1 N–H and O–H groups in total. The van der Waals surface area contributed by atoms with Crippen molar-refractivity contribution in [3.63, 3.8) is 0 Å². The van der Waals surface area contributed by atoms with Crippen LogP contribution in [0.2, 0.25) is 0 Å². The molecule has 1 fully saturated rings. The third kappa shape index (κ3) is 2.07. The zero-order valence-electron chi connectivity index (χ0n) is 9.59. The van der Waals surface area contributed by atoms with E-state index in [4.69, 9.17) is 11.6 Å². The molecule has 88 valence electrons. The highest BCUT2D eigenvalue weighted by Crippen LogP contribution is 2.45. The van der Waals surface area contributed by atoms with E-state index in [2.05, 4.69) is 10.4 Å². The molecular weight excluding hydrogens is 226 g/mol. The summed E-state index contributed by atoms with van der Waals surface area (Å²) in [6.45, 7) is 2.56. The number of rotatable bonds is 4.